The first-order valence-electron chi connectivity index (χ1n) is 2.55. The second-order valence-electron chi connectivity index (χ2n) is 1.89. The fourth-order valence-corrected chi connectivity index (χ4v) is 0.650. The van der Waals surface area contributed by atoms with Crippen LogP contribution in [-0.4, -0.2) is 11.0 Å². The Hall–Kier alpha value is 1.53. The maximum Gasteiger partial charge on any atom is 0 e. The first-order valence-corrected chi connectivity index (χ1v) is 2.55. The molecule has 0 aromatic rings. The predicted octanol–water partition coefficient (Wildman–Crippen LogP) is -5.09. The monoisotopic (exact) mass is 462 g/mol. The summed E-state index contributed by atoms with van der Waals surface area (Å²) in [7, 11) is 0. The van der Waals surface area contributed by atoms with E-state index in [2.05, 4.69) is 26.0 Å². The molecule has 4 heteroatoms. The van der Waals surface area contributed by atoms with Gasteiger partial charge in [-0.15, -0.1) is 13.3 Å². The Balaban J connectivity index is -0.0000000612. The first-order chi connectivity index (χ1) is 3.30. The summed E-state index contributed by atoms with van der Waals surface area (Å²) < 4.78 is 0. The van der Waals surface area contributed by atoms with Crippen molar-refractivity contribution in [2.75, 3.05) is 0 Å². The Morgan fingerprint density at radius 1 is 1.27 bits per heavy atom. The summed E-state index contributed by atoms with van der Waals surface area (Å²) in [6.45, 7) is 4.22. The van der Waals surface area contributed by atoms with Gasteiger partial charge in [-0.05, 0) is 11.0 Å². The molecule has 0 amide bonds. The molecule has 0 unspecified atom stereocenters. The number of halogens is 2. The van der Waals surface area contributed by atoms with E-state index in [1.807, 2.05) is 0 Å². The van der Waals surface area contributed by atoms with Gasteiger partial charge in [0.1, 0.15) is 0 Å². The molecule has 0 atom stereocenters. The average Bonchev–Trinajstić information content (AvgIpc) is 1.91. The summed E-state index contributed by atoms with van der Waals surface area (Å²) in [5, 5.41) is 0. The summed E-state index contributed by atoms with van der Waals surface area (Å²) >= 11 is 0. The van der Waals surface area contributed by atoms with Gasteiger partial charge in [-0.2, -0.15) is 6.08 Å². The molecule has 0 aliphatic heterocycles. The van der Waals surface area contributed by atoms with E-state index in [-0.39, 0.29) is 70.8 Å². The molecule has 0 spiro atoms. The third-order valence-corrected chi connectivity index (χ3v) is 1.37. The molecule has 1 aliphatic rings. The van der Waals surface area contributed by atoms with Crippen molar-refractivity contribution in [2.45, 2.75) is 20.3 Å². The van der Waals surface area contributed by atoms with E-state index in [9.17, 15) is 0 Å². The fourth-order valence-electron chi connectivity index (χ4n) is 0.650. The summed E-state index contributed by atoms with van der Waals surface area (Å²) in [6.07, 6.45) is 6.41. The Morgan fingerprint density at radius 2 is 1.73 bits per heavy atom. The van der Waals surface area contributed by atoms with Crippen molar-refractivity contribution >= 4 is 11.0 Å². The van der Waals surface area contributed by atoms with Crippen LogP contribution < -0.4 is 34.0 Å². The molecular weight excluding hydrogens is 450 g/mol. The Bertz CT molecular complexity index is 127. The van der Waals surface area contributed by atoms with Gasteiger partial charge in [-0.1, -0.05) is 6.92 Å². The Morgan fingerprint density at radius 3 is 1.82 bits per heavy atom. The van der Waals surface area contributed by atoms with Crippen molar-refractivity contribution in [1.82, 2.24) is 0 Å². The van der Waals surface area contributed by atoms with Crippen LogP contribution in [0.1, 0.15) is 20.3 Å². The van der Waals surface area contributed by atoms with Crippen molar-refractivity contribution < 1.29 is 59.8 Å². The fraction of sp³-hybridized carbons (Fsp3) is 0.429. The van der Waals surface area contributed by atoms with Crippen molar-refractivity contribution in [3.05, 3.63) is 23.3 Å². The zero-order chi connectivity index (χ0) is 5.28. The van der Waals surface area contributed by atoms with Gasteiger partial charge in [0.2, 0.25) is 0 Å². The van der Waals surface area contributed by atoms with Crippen LogP contribution in [0.25, 0.3) is 0 Å². The standard InChI is InChI=1S/C7H9.2BrH.Hf.H3Si/c1-6-4-3-5-7(6)2;;;;/h4H,3H2,1-2H3;2*1H;;1H3/q-1;;;;/p-2. The molecule has 1 radical (unpaired) electrons. The predicted molar refractivity (Wildman–Crippen MR) is 40.7 cm³/mol. The normalized spacial score (nSPS) is 12.2. The van der Waals surface area contributed by atoms with Gasteiger partial charge in [-0.25, -0.2) is 11.1 Å². The number of hydrogen-bond acceptors (Lipinski definition) is 0. The van der Waals surface area contributed by atoms with Crippen LogP contribution in [0.2, 0.25) is 0 Å². The van der Waals surface area contributed by atoms with Crippen LogP contribution in [0.3, 0.4) is 0 Å². The third kappa shape index (κ3) is 7.87. The van der Waals surface area contributed by atoms with Gasteiger partial charge < -0.3 is 34.0 Å². The minimum Gasteiger partial charge on any atom is -1.00 e. The van der Waals surface area contributed by atoms with Crippen LogP contribution in [0, 0.1) is 6.08 Å². The Kier molecular flexibility index (Phi) is 24.0. The minimum atomic E-state index is 0. The van der Waals surface area contributed by atoms with E-state index in [0.29, 0.717) is 0 Å². The third-order valence-electron chi connectivity index (χ3n) is 1.37. The molecular formula is C7H12Br2HfSi-3. The van der Waals surface area contributed by atoms with E-state index < -0.39 is 0 Å². The maximum atomic E-state index is 3.19. The SMILES string of the molecule is CC1=[C-]CC=C1C.[Br-].[Br-].[Hf].[SiH3]. The van der Waals surface area contributed by atoms with E-state index in [0.717, 1.165) is 6.42 Å². The molecule has 0 fully saturated rings. The molecule has 0 aromatic heterocycles. The van der Waals surface area contributed by atoms with E-state index in [4.69, 9.17) is 0 Å². The largest absolute Gasteiger partial charge is 1.00 e. The van der Waals surface area contributed by atoms with Gasteiger partial charge in [0.15, 0.2) is 0 Å². The minimum absolute atomic E-state index is 0. The van der Waals surface area contributed by atoms with Gasteiger partial charge in [0, 0.05) is 25.8 Å². The zero-order valence-corrected chi connectivity index (χ0v) is 15.8. The topological polar surface area (TPSA) is 0 Å². The molecule has 1 aliphatic carbocycles. The molecule has 0 heterocycles. The summed E-state index contributed by atoms with van der Waals surface area (Å²) in [5.74, 6) is 0. The molecule has 0 saturated heterocycles. The van der Waals surface area contributed by atoms with Crippen molar-refractivity contribution in [3.8, 4) is 0 Å². The van der Waals surface area contributed by atoms with Gasteiger partial charge in [0.25, 0.3) is 0 Å². The maximum absolute atomic E-state index is 3.19. The van der Waals surface area contributed by atoms with E-state index >= 15 is 0 Å². The number of allylic oxidation sites excluding steroid dienone is 4. The molecule has 0 aromatic carbocycles. The van der Waals surface area contributed by atoms with E-state index in [1.165, 1.54) is 11.1 Å². The first kappa shape index (κ1) is 22.9. The van der Waals surface area contributed by atoms with Crippen molar-refractivity contribution in [1.29, 1.82) is 0 Å². The van der Waals surface area contributed by atoms with Crippen LogP contribution >= 0.6 is 0 Å². The van der Waals surface area contributed by atoms with E-state index in [1.54, 1.807) is 0 Å². The molecule has 0 bridgehead atoms. The van der Waals surface area contributed by atoms with Crippen LogP contribution in [0.4, 0.5) is 0 Å². The van der Waals surface area contributed by atoms with Gasteiger partial charge in [-0.3, -0.25) is 6.08 Å². The molecule has 11 heavy (non-hydrogen) atoms. The quantitative estimate of drug-likeness (QED) is 0.250. The molecule has 1 rings (SSSR count). The number of hydrogen-bond donors (Lipinski definition) is 0. The van der Waals surface area contributed by atoms with Gasteiger partial charge >= 0.3 is 0 Å². The van der Waals surface area contributed by atoms with Crippen LogP contribution in [-0.2, 0) is 25.8 Å². The van der Waals surface area contributed by atoms with Crippen molar-refractivity contribution in [2.24, 2.45) is 0 Å². The second kappa shape index (κ2) is 11.5. The Labute approximate surface area is 113 Å². The average molecular weight is 463 g/mol. The summed E-state index contributed by atoms with van der Waals surface area (Å²) in [4.78, 5) is 0. The second-order valence-corrected chi connectivity index (χ2v) is 1.89. The molecule has 0 nitrogen and oxygen atoms in total. The molecule has 0 N–H and O–H groups in total. The van der Waals surface area contributed by atoms with Crippen LogP contribution in [0.15, 0.2) is 17.2 Å². The molecule has 0 saturated carbocycles. The van der Waals surface area contributed by atoms with Gasteiger partial charge in [0.05, 0.1) is 0 Å². The van der Waals surface area contributed by atoms with Crippen LogP contribution in [0.5, 0.6) is 0 Å². The summed E-state index contributed by atoms with van der Waals surface area (Å²) in [5.41, 5.74) is 2.71. The smallest absolute Gasteiger partial charge is 0 e. The molecule has 65 valence electrons. The number of rotatable bonds is 0. The van der Waals surface area contributed by atoms with Crippen molar-refractivity contribution in [3.63, 3.8) is 0 Å². The summed E-state index contributed by atoms with van der Waals surface area (Å²) in [6, 6.07) is 0. The zero-order valence-electron chi connectivity index (χ0n) is 7.04.